The summed E-state index contributed by atoms with van der Waals surface area (Å²) in [4.78, 5) is 4.40. The number of rotatable bonds is 4. The maximum absolute atomic E-state index is 4.40. The third-order valence-electron chi connectivity index (χ3n) is 2.03. The first kappa shape index (κ1) is 10.3. The molecule has 0 saturated heterocycles. The predicted octanol–water partition coefficient (Wildman–Crippen LogP) is 1.42. The van der Waals surface area contributed by atoms with Crippen molar-refractivity contribution in [2.24, 2.45) is 0 Å². The molecule has 0 radical (unpaired) electrons. The molecule has 0 spiro atoms. The molecule has 0 aliphatic rings. The normalized spacial score (nSPS) is 10.8. The number of nitrogens with zero attached hydrogens (tertiary/aromatic N) is 3. The maximum Gasteiger partial charge on any atom is 0.114 e. The first-order chi connectivity index (χ1) is 7.28. The Morgan fingerprint density at radius 3 is 3.07 bits per heavy atom. The number of hydrogen-bond acceptors (Lipinski definition) is 4. The van der Waals surface area contributed by atoms with Crippen LogP contribution in [-0.4, -0.2) is 21.8 Å². The fourth-order valence-corrected chi connectivity index (χ4v) is 2.16. The van der Waals surface area contributed by atoms with Gasteiger partial charge in [0, 0.05) is 29.4 Å². The van der Waals surface area contributed by atoms with Crippen LogP contribution in [0.25, 0.3) is 0 Å². The van der Waals surface area contributed by atoms with E-state index < -0.39 is 0 Å². The van der Waals surface area contributed by atoms with E-state index in [9.17, 15) is 0 Å². The summed E-state index contributed by atoms with van der Waals surface area (Å²) >= 11 is 1.68. The Labute approximate surface area is 93.0 Å². The second-order valence-corrected chi connectivity index (χ2v) is 4.40. The zero-order chi connectivity index (χ0) is 10.7. The Hall–Kier alpha value is -1.20. The van der Waals surface area contributed by atoms with Crippen molar-refractivity contribution >= 4 is 11.3 Å². The lowest BCUT2D eigenvalue weighted by molar-refractivity contribution is 0.680. The van der Waals surface area contributed by atoms with Gasteiger partial charge in [0.25, 0.3) is 0 Å². The van der Waals surface area contributed by atoms with E-state index in [1.54, 1.807) is 11.3 Å². The van der Waals surface area contributed by atoms with Crippen molar-refractivity contribution in [3.8, 4) is 0 Å². The van der Waals surface area contributed by atoms with Crippen LogP contribution in [0.1, 0.15) is 16.3 Å². The van der Waals surface area contributed by atoms with Crippen molar-refractivity contribution < 1.29 is 0 Å². The van der Waals surface area contributed by atoms with Crippen LogP contribution < -0.4 is 5.32 Å². The zero-order valence-electron chi connectivity index (χ0n) is 8.90. The first-order valence-electron chi connectivity index (χ1n) is 4.85. The van der Waals surface area contributed by atoms with Gasteiger partial charge >= 0.3 is 0 Å². The molecule has 0 fully saturated rings. The average molecular weight is 222 g/mol. The molecule has 5 heteroatoms. The highest BCUT2D eigenvalue weighted by molar-refractivity contribution is 7.09. The highest BCUT2D eigenvalue weighted by atomic mass is 32.1. The van der Waals surface area contributed by atoms with Gasteiger partial charge < -0.3 is 5.32 Å². The molecule has 2 aromatic rings. The Kier molecular flexibility index (Phi) is 3.13. The van der Waals surface area contributed by atoms with Crippen LogP contribution in [0.4, 0.5) is 0 Å². The van der Waals surface area contributed by atoms with E-state index in [2.05, 4.69) is 20.8 Å². The minimum absolute atomic E-state index is 0.766. The van der Waals surface area contributed by atoms with Gasteiger partial charge in [-0.05, 0) is 14.0 Å². The van der Waals surface area contributed by atoms with Crippen molar-refractivity contribution in [3.05, 3.63) is 34.0 Å². The largest absolute Gasteiger partial charge is 0.316 e. The molecule has 2 rings (SSSR count). The summed E-state index contributed by atoms with van der Waals surface area (Å²) in [5.74, 6) is 0. The molecule has 4 nitrogen and oxygen atoms in total. The lowest BCUT2D eigenvalue weighted by Gasteiger charge is -1.96. The third-order valence-corrected chi connectivity index (χ3v) is 2.98. The quantitative estimate of drug-likeness (QED) is 0.850. The molecule has 0 aliphatic heterocycles. The predicted molar refractivity (Wildman–Crippen MR) is 60.9 cm³/mol. The molecule has 0 atom stereocenters. The minimum atomic E-state index is 0.766. The van der Waals surface area contributed by atoms with E-state index in [0.29, 0.717) is 0 Å². The van der Waals surface area contributed by atoms with Crippen LogP contribution in [0, 0.1) is 6.92 Å². The van der Waals surface area contributed by atoms with Crippen LogP contribution in [-0.2, 0) is 13.1 Å². The Morgan fingerprint density at radius 1 is 1.53 bits per heavy atom. The highest BCUT2D eigenvalue weighted by Gasteiger charge is 2.01. The lowest BCUT2D eigenvalue weighted by atomic mass is 10.4. The summed E-state index contributed by atoms with van der Waals surface area (Å²) in [7, 11) is 1.93. The molecule has 0 unspecified atom stereocenters. The van der Waals surface area contributed by atoms with Crippen molar-refractivity contribution in [1.82, 2.24) is 20.1 Å². The molecule has 15 heavy (non-hydrogen) atoms. The van der Waals surface area contributed by atoms with Crippen molar-refractivity contribution in [2.75, 3.05) is 7.05 Å². The van der Waals surface area contributed by atoms with E-state index in [4.69, 9.17) is 0 Å². The molecule has 0 aromatic carbocycles. The van der Waals surface area contributed by atoms with Crippen LogP contribution >= 0.6 is 11.3 Å². The number of nitrogens with one attached hydrogen (secondary N) is 1. The second-order valence-electron chi connectivity index (χ2n) is 3.46. The van der Waals surface area contributed by atoms with Gasteiger partial charge in [0.1, 0.15) is 5.01 Å². The Bertz CT molecular complexity index is 432. The summed E-state index contributed by atoms with van der Waals surface area (Å²) in [5, 5.41) is 10.5. The molecule has 0 bridgehead atoms. The van der Waals surface area contributed by atoms with Crippen molar-refractivity contribution in [1.29, 1.82) is 0 Å². The van der Waals surface area contributed by atoms with Crippen LogP contribution in [0.3, 0.4) is 0 Å². The molecule has 80 valence electrons. The Morgan fingerprint density at radius 2 is 2.40 bits per heavy atom. The monoisotopic (exact) mass is 222 g/mol. The van der Waals surface area contributed by atoms with Gasteiger partial charge in [0.05, 0.1) is 12.7 Å². The van der Waals surface area contributed by atoms with E-state index in [0.717, 1.165) is 23.8 Å². The molecule has 0 saturated carbocycles. The SMILES string of the molecule is CNCc1cnn(Cc2nc(C)cs2)c1. The number of aryl methyl sites for hydroxylation is 1. The number of hydrogen-bond donors (Lipinski definition) is 1. The van der Waals surface area contributed by atoms with E-state index in [-0.39, 0.29) is 0 Å². The lowest BCUT2D eigenvalue weighted by Crippen LogP contribution is -2.04. The maximum atomic E-state index is 4.40. The molecule has 1 N–H and O–H groups in total. The molecule has 0 amide bonds. The van der Waals surface area contributed by atoms with Gasteiger partial charge in [-0.1, -0.05) is 0 Å². The molecule has 0 aliphatic carbocycles. The number of thiazole rings is 1. The fourth-order valence-electron chi connectivity index (χ4n) is 1.40. The van der Waals surface area contributed by atoms with Crippen molar-refractivity contribution in [3.63, 3.8) is 0 Å². The summed E-state index contributed by atoms with van der Waals surface area (Å²) in [6.45, 7) is 3.63. The van der Waals surface area contributed by atoms with E-state index >= 15 is 0 Å². The summed E-state index contributed by atoms with van der Waals surface area (Å²) < 4.78 is 1.92. The van der Waals surface area contributed by atoms with Crippen LogP contribution in [0.2, 0.25) is 0 Å². The van der Waals surface area contributed by atoms with Gasteiger partial charge in [0.2, 0.25) is 0 Å². The zero-order valence-corrected chi connectivity index (χ0v) is 9.71. The average Bonchev–Trinajstić information content (AvgIpc) is 2.78. The Balaban J connectivity index is 2.04. The van der Waals surface area contributed by atoms with E-state index in [1.807, 2.05) is 31.0 Å². The smallest absolute Gasteiger partial charge is 0.114 e. The van der Waals surface area contributed by atoms with Gasteiger partial charge in [-0.15, -0.1) is 11.3 Å². The summed E-state index contributed by atoms with van der Waals surface area (Å²) in [5.41, 5.74) is 2.28. The third kappa shape index (κ3) is 2.64. The number of aromatic nitrogens is 3. The molecular formula is C10H14N4S. The van der Waals surface area contributed by atoms with Gasteiger partial charge in [-0.3, -0.25) is 4.68 Å². The van der Waals surface area contributed by atoms with Crippen molar-refractivity contribution in [2.45, 2.75) is 20.0 Å². The first-order valence-corrected chi connectivity index (χ1v) is 5.73. The fraction of sp³-hybridized carbons (Fsp3) is 0.400. The molecule has 2 heterocycles. The molecule has 2 aromatic heterocycles. The van der Waals surface area contributed by atoms with Gasteiger partial charge in [0.15, 0.2) is 0 Å². The second kappa shape index (κ2) is 4.55. The highest BCUT2D eigenvalue weighted by Crippen LogP contribution is 2.10. The summed E-state index contributed by atoms with van der Waals surface area (Å²) in [6, 6.07) is 0. The topological polar surface area (TPSA) is 42.7 Å². The van der Waals surface area contributed by atoms with Gasteiger partial charge in [-0.2, -0.15) is 5.10 Å². The van der Waals surface area contributed by atoms with Gasteiger partial charge in [-0.25, -0.2) is 4.98 Å². The summed E-state index contributed by atoms with van der Waals surface area (Å²) in [6.07, 6.45) is 3.93. The minimum Gasteiger partial charge on any atom is -0.316 e. The van der Waals surface area contributed by atoms with Crippen LogP contribution in [0.5, 0.6) is 0 Å². The standard InChI is InChI=1S/C10H14N4S/c1-8-7-15-10(13-8)6-14-5-9(3-11-2)4-12-14/h4-5,7,11H,3,6H2,1-2H3. The molecular weight excluding hydrogens is 208 g/mol. The van der Waals surface area contributed by atoms with E-state index in [1.165, 1.54) is 5.56 Å². The van der Waals surface area contributed by atoms with Crippen LogP contribution in [0.15, 0.2) is 17.8 Å².